The first-order chi connectivity index (χ1) is 13.2. The number of pyridine rings is 1. The number of hydrogen-bond donors (Lipinski definition) is 2. The van der Waals surface area contributed by atoms with Crippen LogP contribution in [0.4, 0.5) is 11.4 Å². The number of nitrogens with zero attached hydrogens (tertiary/aromatic N) is 2. The lowest BCUT2D eigenvalue weighted by Gasteiger charge is -2.15. The van der Waals surface area contributed by atoms with E-state index in [0.717, 1.165) is 50.5 Å². The van der Waals surface area contributed by atoms with Gasteiger partial charge in [0, 0.05) is 28.4 Å². The smallest absolute Gasteiger partial charge is 0.163 e. The number of aryl methyl sites for hydroxylation is 1. The Kier molecular flexibility index (Phi) is 4.54. The van der Waals surface area contributed by atoms with Gasteiger partial charge in [-0.05, 0) is 51.1 Å². The molecule has 0 saturated carbocycles. The maximum absolute atomic E-state index is 5.74. The molecule has 2 N–H and O–H groups in total. The molecule has 0 saturated heterocycles. The molecule has 0 atom stereocenters. The van der Waals surface area contributed by atoms with Gasteiger partial charge < -0.3 is 19.8 Å². The van der Waals surface area contributed by atoms with Crippen LogP contribution in [0.1, 0.15) is 19.5 Å². The van der Waals surface area contributed by atoms with Gasteiger partial charge in [-0.15, -0.1) is 0 Å². The quantitative estimate of drug-likeness (QED) is 0.507. The number of imidazole rings is 1. The van der Waals surface area contributed by atoms with Crippen molar-refractivity contribution in [2.45, 2.75) is 20.8 Å². The van der Waals surface area contributed by atoms with Crippen molar-refractivity contribution >= 4 is 33.3 Å². The van der Waals surface area contributed by atoms with E-state index in [1.54, 1.807) is 6.33 Å². The number of ether oxygens (including phenoxy) is 2. The zero-order valence-electron chi connectivity index (χ0n) is 15.7. The highest BCUT2D eigenvalue weighted by Gasteiger charge is 2.12. The second-order valence-corrected chi connectivity index (χ2v) is 6.25. The molecule has 0 spiro atoms. The number of aromatic amines is 1. The molecule has 2 aromatic heterocycles. The van der Waals surface area contributed by atoms with E-state index in [4.69, 9.17) is 9.47 Å². The standard InChI is InChI=1S/C21H22N4O2/c1-4-26-18-9-6-14(11-19(18)27-5-2)25-17-10-13(3)24-15-7-8-16-21(20(15)17)23-12-22-16/h6-12,24-25H,4-5H2,1-3H3. The van der Waals surface area contributed by atoms with Crippen LogP contribution in [-0.4, -0.2) is 28.2 Å². The van der Waals surface area contributed by atoms with Crippen molar-refractivity contribution in [3.05, 3.63) is 48.4 Å². The Morgan fingerprint density at radius 3 is 2.59 bits per heavy atom. The van der Waals surface area contributed by atoms with Gasteiger partial charge >= 0.3 is 0 Å². The highest BCUT2D eigenvalue weighted by atomic mass is 16.5. The molecule has 0 aliphatic carbocycles. The Balaban J connectivity index is 1.81. The monoisotopic (exact) mass is 362 g/mol. The van der Waals surface area contributed by atoms with Crippen molar-refractivity contribution < 1.29 is 9.47 Å². The van der Waals surface area contributed by atoms with E-state index in [-0.39, 0.29) is 0 Å². The van der Waals surface area contributed by atoms with Gasteiger partial charge in [-0.25, -0.2) is 9.97 Å². The molecular weight excluding hydrogens is 340 g/mol. The molecule has 0 fully saturated rings. The minimum Gasteiger partial charge on any atom is -0.490 e. The summed E-state index contributed by atoms with van der Waals surface area (Å²) in [5.74, 6) is 1.47. The van der Waals surface area contributed by atoms with Crippen molar-refractivity contribution in [2.75, 3.05) is 18.5 Å². The van der Waals surface area contributed by atoms with E-state index in [9.17, 15) is 0 Å². The molecule has 138 valence electrons. The molecule has 4 rings (SSSR count). The van der Waals surface area contributed by atoms with Gasteiger partial charge in [-0.1, -0.05) is 0 Å². The van der Waals surface area contributed by atoms with Crippen molar-refractivity contribution in [1.82, 2.24) is 15.0 Å². The van der Waals surface area contributed by atoms with Gasteiger partial charge in [-0.3, -0.25) is 0 Å². The van der Waals surface area contributed by atoms with E-state index in [1.807, 2.05) is 51.1 Å². The van der Waals surface area contributed by atoms with Crippen LogP contribution in [-0.2, 0) is 0 Å². The molecule has 4 aromatic rings. The summed E-state index contributed by atoms with van der Waals surface area (Å²) in [6.45, 7) is 7.14. The van der Waals surface area contributed by atoms with E-state index < -0.39 is 0 Å². The Labute approximate surface area is 157 Å². The SMILES string of the molecule is CCOc1ccc(Nc2cc(C)[nH]c3ccc4ncnc4c23)cc1OCC. The number of hydrogen-bond acceptors (Lipinski definition) is 5. The third-order valence-electron chi connectivity index (χ3n) is 4.32. The molecule has 0 amide bonds. The van der Waals surface area contributed by atoms with Crippen LogP contribution in [0.5, 0.6) is 11.5 Å². The Bertz CT molecular complexity index is 1100. The Morgan fingerprint density at radius 1 is 0.963 bits per heavy atom. The second kappa shape index (κ2) is 7.15. The van der Waals surface area contributed by atoms with Crippen molar-refractivity contribution in [3.8, 4) is 11.5 Å². The number of aromatic nitrogens is 3. The van der Waals surface area contributed by atoms with E-state index in [0.29, 0.717) is 13.2 Å². The van der Waals surface area contributed by atoms with Crippen LogP contribution in [0.3, 0.4) is 0 Å². The second-order valence-electron chi connectivity index (χ2n) is 6.25. The number of rotatable bonds is 6. The highest BCUT2D eigenvalue weighted by molar-refractivity contribution is 6.10. The lowest BCUT2D eigenvalue weighted by atomic mass is 10.1. The first kappa shape index (κ1) is 17.1. The van der Waals surface area contributed by atoms with Crippen LogP contribution in [0.15, 0.2) is 42.7 Å². The van der Waals surface area contributed by atoms with E-state index in [1.165, 1.54) is 0 Å². The summed E-state index contributed by atoms with van der Waals surface area (Å²) in [6, 6.07) is 12.0. The molecule has 0 bridgehead atoms. The van der Waals surface area contributed by atoms with Crippen LogP contribution in [0.2, 0.25) is 0 Å². The average Bonchev–Trinajstić information content (AvgIpc) is 3.12. The fourth-order valence-corrected chi connectivity index (χ4v) is 3.26. The molecule has 2 heterocycles. The molecule has 6 nitrogen and oxygen atoms in total. The van der Waals surface area contributed by atoms with Crippen LogP contribution < -0.4 is 14.8 Å². The van der Waals surface area contributed by atoms with Crippen LogP contribution in [0, 0.1) is 6.92 Å². The molecule has 6 heteroatoms. The highest BCUT2D eigenvalue weighted by Crippen LogP contribution is 2.35. The number of fused-ring (bicyclic) bond motifs is 3. The van der Waals surface area contributed by atoms with Gasteiger partial charge in [0.15, 0.2) is 11.5 Å². The summed E-state index contributed by atoms with van der Waals surface area (Å²) in [4.78, 5) is 12.2. The fraction of sp³-hybridized carbons (Fsp3) is 0.238. The molecular formula is C21H22N4O2. The molecule has 27 heavy (non-hydrogen) atoms. The van der Waals surface area contributed by atoms with Crippen molar-refractivity contribution in [2.24, 2.45) is 0 Å². The number of H-pyrrole nitrogens is 1. The maximum atomic E-state index is 5.74. The maximum Gasteiger partial charge on any atom is 0.163 e. The normalized spacial score (nSPS) is 11.1. The van der Waals surface area contributed by atoms with Crippen molar-refractivity contribution in [1.29, 1.82) is 0 Å². The molecule has 0 radical (unpaired) electrons. The van der Waals surface area contributed by atoms with Crippen LogP contribution in [0.25, 0.3) is 21.9 Å². The summed E-state index contributed by atoms with van der Waals surface area (Å²) in [6.07, 6.45) is 1.60. The minimum absolute atomic E-state index is 0.579. The minimum atomic E-state index is 0.579. The summed E-state index contributed by atoms with van der Waals surface area (Å²) in [5.41, 5.74) is 5.72. The summed E-state index contributed by atoms with van der Waals surface area (Å²) in [5, 5.41) is 4.53. The van der Waals surface area contributed by atoms with E-state index >= 15 is 0 Å². The molecule has 2 aromatic carbocycles. The predicted octanol–water partition coefficient (Wildman–Crippen LogP) is 4.96. The summed E-state index contributed by atoms with van der Waals surface area (Å²) >= 11 is 0. The van der Waals surface area contributed by atoms with Gasteiger partial charge in [0.25, 0.3) is 0 Å². The Hall–Kier alpha value is -3.28. The van der Waals surface area contributed by atoms with Gasteiger partial charge in [-0.2, -0.15) is 0 Å². The number of anilines is 2. The van der Waals surface area contributed by atoms with Gasteiger partial charge in [0.2, 0.25) is 0 Å². The molecule has 0 unspecified atom stereocenters. The average molecular weight is 362 g/mol. The first-order valence-corrected chi connectivity index (χ1v) is 9.09. The lowest BCUT2D eigenvalue weighted by molar-refractivity contribution is 0.288. The third kappa shape index (κ3) is 3.26. The van der Waals surface area contributed by atoms with Crippen molar-refractivity contribution in [3.63, 3.8) is 0 Å². The predicted molar refractivity (Wildman–Crippen MR) is 108 cm³/mol. The molecule has 0 aliphatic rings. The third-order valence-corrected chi connectivity index (χ3v) is 4.32. The number of nitrogens with one attached hydrogen (secondary N) is 2. The van der Waals surface area contributed by atoms with Gasteiger partial charge in [0.1, 0.15) is 11.8 Å². The molecule has 0 aliphatic heterocycles. The fourth-order valence-electron chi connectivity index (χ4n) is 3.26. The number of benzene rings is 2. The summed E-state index contributed by atoms with van der Waals surface area (Å²) < 4.78 is 11.4. The zero-order valence-corrected chi connectivity index (χ0v) is 15.7. The van der Waals surface area contributed by atoms with E-state index in [2.05, 4.69) is 26.3 Å². The summed E-state index contributed by atoms with van der Waals surface area (Å²) in [7, 11) is 0. The first-order valence-electron chi connectivity index (χ1n) is 9.09. The lowest BCUT2D eigenvalue weighted by Crippen LogP contribution is -2.00. The Morgan fingerprint density at radius 2 is 1.78 bits per heavy atom. The largest absolute Gasteiger partial charge is 0.490 e. The van der Waals surface area contributed by atoms with Gasteiger partial charge in [0.05, 0.1) is 24.4 Å². The van der Waals surface area contributed by atoms with Crippen LogP contribution >= 0.6 is 0 Å². The zero-order chi connectivity index (χ0) is 18.8. The topological polar surface area (TPSA) is 72.1 Å².